The van der Waals surface area contributed by atoms with Gasteiger partial charge in [0.15, 0.2) is 0 Å². The number of aryl methyl sites for hydroxylation is 1. The van der Waals surface area contributed by atoms with E-state index in [1.807, 2.05) is 6.07 Å². The van der Waals surface area contributed by atoms with Crippen LogP contribution in [0.2, 0.25) is 0 Å². The number of ether oxygens (including phenoxy) is 1. The molecule has 1 aliphatic heterocycles. The molecule has 0 saturated carbocycles. The second-order valence-corrected chi connectivity index (χ2v) is 8.26. The number of benzene rings is 1. The van der Waals surface area contributed by atoms with Crippen LogP contribution in [0.15, 0.2) is 48.0 Å². The van der Waals surface area contributed by atoms with Gasteiger partial charge in [0.25, 0.3) is 0 Å². The number of pyridine rings is 1. The molecule has 0 spiro atoms. The van der Waals surface area contributed by atoms with Crippen molar-refractivity contribution in [1.29, 1.82) is 0 Å². The predicted octanol–water partition coefficient (Wildman–Crippen LogP) is 4.01. The molecule has 1 saturated heterocycles. The number of hydrogen-bond donors (Lipinski definition) is 0. The summed E-state index contributed by atoms with van der Waals surface area (Å²) in [5.41, 5.74) is 4.06. The number of hydrogen-bond acceptors (Lipinski definition) is 7. The number of aromatic nitrogens is 2. The first-order valence-corrected chi connectivity index (χ1v) is 11.1. The van der Waals surface area contributed by atoms with Crippen molar-refractivity contribution in [2.75, 3.05) is 37.7 Å². The van der Waals surface area contributed by atoms with Crippen LogP contribution >= 0.6 is 11.3 Å². The molecule has 0 aliphatic carbocycles. The highest BCUT2D eigenvalue weighted by Gasteiger charge is 2.19. The van der Waals surface area contributed by atoms with Crippen molar-refractivity contribution in [1.82, 2.24) is 14.9 Å². The Balaban J connectivity index is 1.31. The molecule has 1 aromatic carbocycles. The molecule has 0 bridgehead atoms. The third kappa shape index (κ3) is 4.86. The lowest BCUT2D eigenvalue weighted by atomic mass is 10.2. The number of nitrogens with zero attached hydrogens (tertiary/aromatic N) is 4. The van der Waals surface area contributed by atoms with Crippen molar-refractivity contribution in [2.45, 2.75) is 20.4 Å². The van der Waals surface area contributed by atoms with E-state index in [1.54, 1.807) is 30.5 Å². The first kappa shape index (κ1) is 20.5. The van der Waals surface area contributed by atoms with Gasteiger partial charge in [-0.3, -0.25) is 4.90 Å². The fraction of sp³-hybridized carbons (Fsp3) is 0.348. The first-order chi connectivity index (χ1) is 14.6. The number of thiazole rings is 1. The fourth-order valence-corrected chi connectivity index (χ4v) is 4.30. The lowest BCUT2D eigenvalue weighted by molar-refractivity contribution is 0.0526. The predicted molar refractivity (Wildman–Crippen MR) is 120 cm³/mol. The maximum Gasteiger partial charge on any atom is 0.339 e. The third-order valence-electron chi connectivity index (χ3n) is 5.19. The van der Waals surface area contributed by atoms with Crippen molar-refractivity contribution >= 4 is 23.1 Å². The molecule has 1 fully saturated rings. The average Bonchev–Trinajstić information content (AvgIpc) is 3.23. The van der Waals surface area contributed by atoms with Gasteiger partial charge in [0, 0.05) is 49.9 Å². The van der Waals surface area contributed by atoms with E-state index in [2.05, 4.69) is 51.4 Å². The molecule has 156 valence electrons. The largest absolute Gasteiger partial charge is 0.462 e. The zero-order valence-electron chi connectivity index (χ0n) is 17.4. The van der Waals surface area contributed by atoms with Gasteiger partial charge in [-0.2, -0.15) is 0 Å². The van der Waals surface area contributed by atoms with Crippen molar-refractivity contribution in [3.05, 3.63) is 64.8 Å². The Morgan fingerprint density at radius 3 is 2.53 bits per heavy atom. The molecule has 0 atom stereocenters. The van der Waals surface area contributed by atoms with E-state index in [-0.39, 0.29) is 5.97 Å². The second-order valence-electron chi connectivity index (χ2n) is 7.40. The Bertz CT molecular complexity index is 977. The zero-order valence-corrected chi connectivity index (χ0v) is 18.2. The van der Waals surface area contributed by atoms with Gasteiger partial charge in [0.05, 0.1) is 17.9 Å². The monoisotopic (exact) mass is 422 g/mol. The summed E-state index contributed by atoms with van der Waals surface area (Å²) < 4.78 is 5.01. The molecule has 4 rings (SSSR count). The van der Waals surface area contributed by atoms with E-state index in [0.29, 0.717) is 12.2 Å². The molecule has 1 aliphatic rings. The lowest BCUT2D eigenvalue weighted by Crippen LogP contribution is -2.46. The van der Waals surface area contributed by atoms with Gasteiger partial charge in [0.1, 0.15) is 10.8 Å². The Labute approximate surface area is 181 Å². The minimum Gasteiger partial charge on any atom is -0.462 e. The van der Waals surface area contributed by atoms with Gasteiger partial charge in [-0.15, -0.1) is 11.3 Å². The average molecular weight is 423 g/mol. The number of rotatable bonds is 6. The molecule has 30 heavy (non-hydrogen) atoms. The van der Waals surface area contributed by atoms with Gasteiger partial charge in [-0.1, -0.05) is 29.8 Å². The van der Waals surface area contributed by atoms with Crippen LogP contribution < -0.4 is 4.90 Å². The van der Waals surface area contributed by atoms with E-state index in [1.165, 1.54) is 11.1 Å². The molecule has 3 heterocycles. The highest BCUT2D eigenvalue weighted by molar-refractivity contribution is 7.13. The SMILES string of the molecule is CCOC(=O)c1ccc(N2CCN(Cc3csc(-c4ccc(C)cc4)n3)CC2)nc1. The number of piperazine rings is 1. The van der Waals surface area contributed by atoms with Crippen LogP contribution in [0, 0.1) is 6.92 Å². The third-order valence-corrected chi connectivity index (χ3v) is 6.13. The summed E-state index contributed by atoms with van der Waals surface area (Å²) in [7, 11) is 0. The molecular weight excluding hydrogens is 396 g/mol. The van der Waals surface area contributed by atoms with Gasteiger partial charge >= 0.3 is 5.97 Å². The topological polar surface area (TPSA) is 58.6 Å². The Morgan fingerprint density at radius 2 is 1.87 bits per heavy atom. The number of esters is 1. The number of carbonyl (C=O) groups is 1. The van der Waals surface area contributed by atoms with Crippen molar-refractivity contribution < 1.29 is 9.53 Å². The van der Waals surface area contributed by atoms with Crippen molar-refractivity contribution in [2.24, 2.45) is 0 Å². The standard InChI is InChI=1S/C23H26N4O2S/c1-3-29-23(28)19-8-9-21(24-14-19)27-12-10-26(11-13-27)15-20-16-30-22(25-20)18-6-4-17(2)5-7-18/h4-9,14,16H,3,10-13,15H2,1-2H3. The summed E-state index contributed by atoms with van der Waals surface area (Å²) in [5.74, 6) is 0.577. The molecule has 2 aromatic heterocycles. The molecule has 0 radical (unpaired) electrons. The van der Waals surface area contributed by atoms with E-state index in [0.717, 1.165) is 49.2 Å². The van der Waals surface area contributed by atoms with Gasteiger partial charge in [-0.25, -0.2) is 14.8 Å². The molecule has 0 unspecified atom stereocenters. The van der Waals surface area contributed by atoms with E-state index in [4.69, 9.17) is 9.72 Å². The Kier molecular flexibility index (Phi) is 6.40. The summed E-state index contributed by atoms with van der Waals surface area (Å²) in [5, 5.41) is 3.24. The lowest BCUT2D eigenvalue weighted by Gasteiger charge is -2.35. The minimum absolute atomic E-state index is 0.324. The van der Waals surface area contributed by atoms with Crippen LogP contribution in [-0.4, -0.2) is 53.6 Å². The highest BCUT2D eigenvalue weighted by atomic mass is 32.1. The summed E-state index contributed by atoms with van der Waals surface area (Å²) in [6.07, 6.45) is 1.60. The molecule has 0 amide bonds. The summed E-state index contributed by atoms with van der Waals surface area (Å²) >= 11 is 1.71. The van der Waals surface area contributed by atoms with Crippen LogP contribution in [0.25, 0.3) is 10.6 Å². The van der Waals surface area contributed by atoms with Crippen molar-refractivity contribution in [3.63, 3.8) is 0 Å². The molecular formula is C23H26N4O2S. The van der Waals surface area contributed by atoms with Gasteiger partial charge in [0.2, 0.25) is 0 Å². The van der Waals surface area contributed by atoms with Crippen LogP contribution in [0.5, 0.6) is 0 Å². The molecule has 7 heteroatoms. The van der Waals surface area contributed by atoms with E-state index in [9.17, 15) is 4.79 Å². The van der Waals surface area contributed by atoms with E-state index < -0.39 is 0 Å². The maximum atomic E-state index is 11.8. The smallest absolute Gasteiger partial charge is 0.339 e. The summed E-state index contributed by atoms with van der Waals surface area (Å²) in [6, 6.07) is 12.2. The van der Waals surface area contributed by atoms with Gasteiger partial charge in [-0.05, 0) is 26.0 Å². The van der Waals surface area contributed by atoms with Crippen LogP contribution in [0.4, 0.5) is 5.82 Å². The Morgan fingerprint density at radius 1 is 1.10 bits per heavy atom. The minimum atomic E-state index is -0.324. The zero-order chi connectivity index (χ0) is 20.9. The second kappa shape index (κ2) is 9.36. The molecule has 0 N–H and O–H groups in total. The van der Waals surface area contributed by atoms with Crippen molar-refractivity contribution in [3.8, 4) is 10.6 Å². The summed E-state index contributed by atoms with van der Waals surface area (Å²) in [6.45, 7) is 8.85. The first-order valence-electron chi connectivity index (χ1n) is 10.2. The maximum absolute atomic E-state index is 11.8. The van der Waals surface area contributed by atoms with E-state index >= 15 is 0 Å². The quantitative estimate of drug-likeness (QED) is 0.560. The fourth-order valence-electron chi connectivity index (χ4n) is 3.48. The highest BCUT2D eigenvalue weighted by Crippen LogP contribution is 2.25. The van der Waals surface area contributed by atoms with Crippen LogP contribution in [0.3, 0.4) is 0 Å². The number of anilines is 1. The van der Waals surface area contributed by atoms with Crippen LogP contribution in [0.1, 0.15) is 28.5 Å². The van der Waals surface area contributed by atoms with Crippen LogP contribution in [-0.2, 0) is 11.3 Å². The Hall–Kier alpha value is -2.77. The molecule has 3 aromatic rings. The normalized spacial score (nSPS) is 14.7. The number of carbonyl (C=O) groups excluding carboxylic acids is 1. The van der Waals surface area contributed by atoms with Gasteiger partial charge < -0.3 is 9.64 Å². The summed E-state index contributed by atoms with van der Waals surface area (Å²) in [4.78, 5) is 25.7. The molecule has 6 nitrogen and oxygen atoms in total.